The lowest BCUT2D eigenvalue weighted by molar-refractivity contribution is 0.428. The van der Waals surface area contributed by atoms with Crippen LogP contribution in [0.25, 0.3) is 11.3 Å². The molecule has 28 heavy (non-hydrogen) atoms. The van der Waals surface area contributed by atoms with Crippen LogP contribution < -0.4 is 0 Å². The minimum atomic E-state index is -3.71. The summed E-state index contributed by atoms with van der Waals surface area (Å²) in [5.74, 6) is 0. The zero-order chi connectivity index (χ0) is 19.9. The smallest absolute Gasteiger partial charge is 0.244 e. The second kappa shape index (κ2) is 7.48. The third-order valence-corrected chi connectivity index (χ3v) is 7.65. The van der Waals surface area contributed by atoms with Crippen LogP contribution in [0.15, 0.2) is 53.6 Å². The van der Waals surface area contributed by atoms with Crippen LogP contribution in [0.1, 0.15) is 18.0 Å². The van der Waals surface area contributed by atoms with E-state index in [9.17, 15) is 8.42 Å². The number of hydrogen-bond donors (Lipinski definition) is 0. The molecule has 1 aliphatic rings. The summed E-state index contributed by atoms with van der Waals surface area (Å²) in [7, 11) is -3.71. The van der Waals surface area contributed by atoms with Gasteiger partial charge in [0, 0.05) is 23.7 Å². The molecule has 2 heterocycles. The second-order valence-electron chi connectivity index (χ2n) is 6.79. The lowest BCUT2D eigenvalue weighted by Gasteiger charge is -2.18. The lowest BCUT2D eigenvalue weighted by Crippen LogP contribution is -2.29. The molecule has 6 nitrogen and oxygen atoms in total. The van der Waals surface area contributed by atoms with E-state index >= 15 is 0 Å². The van der Waals surface area contributed by atoms with Gasteiger partial charge in [0.1, 0.15) is 10.6 Å². The van der Waals surface area contributed by atoms with E-state index in [1.807, 2.05) is 36.5 Å². The molecule has 0 saturated carbocycles. The number of benzene rings is 2. The Balaban J connectivity index is 1.56. The summed E-state index contributed by atoms with van der Waals surface area (Å²) in [5.41, 5.74) is 2.40. The number of rotatable bonds is 4. The zero-order valence-electron chi connectivity index (χ0n) is 15.1. The molecule has 3 aromatic rings. The normalized spacial score (nSPS) is 17.9. The summed E-state index contributed by atoms with van der Waals surface area (Å²) >= 11 is 12.2. The predicted molar refractivity (Wildman–Crippen MR) is 109 cm³/mol. The van der Waals surface area contributed by atoms with E-state index in [4.69, 9.17) is 23.2 Å². The number of halogens is 2. The first kappa shape index (κ1) is 19.4. The third kappa shape index (κ3) is 3.55. The van der Waals surface area contributed by atoms with Crippen LogP contribution in [0.5, 0.6) is 0 Å². The van der Waals surface area contributed by atoms with Gasteiger partial charge in [-0.2, -0.15) is 4.31 Å². The zero-order valence-corrected chi connectivity index (χ0v) is 17.4. The minimum Gasteiger partial charge on any atom is -0.247 e. The molecule has 2 aromatic carbocycles. The van der Waals surface area contributed by atoms with Gasteiger partial charge in [0.05, 0.1) is 17.3 Å². The average Bonchev–Trinajstić information content (AvgIpc) is 3.35. The summed E-state index contributed by atoms with van der Waals surface area (Å²) in [6, 6.07) is 12.7. The minimum absolute atomic E-state index is 0.0769. The molecule has 4 rings (SSSR count). The molecule has 146 valence electrons. The second-order valence-corrected chi connectivity index (χ2v) is 9.51. The molecule has 0 radical (unpaired) electrons. The van der Waals surface area contributed by atoms with E-state index in [1.54, 1.807) is 11.6 Å². The first-order chi connectivity index (χ1) is 13.4. The SMILES string of the molecule is Cc1cc(S(=O)(=O)N2CCC(n3cc(-c4ccccc4)nn3)C2)c(Cl)cc1Cl. The first-order valence-corrected chi connectivity index (χ1v) is 11.0. The van der Waals surface area contributed by atoms with Crippen molar-refractivity contribution in [3.05, 3.63) is 64.3 Å². The van der Waals surface area contributed by atoms with Crippen LogP contribution in [0, 0.1) is 6.92 Å². The van der Waals surface area contributed by atoms with Crippen molar-refractivity contribution in [1.29, 1.82) is 0 Å². The van der Waals surface area contributed by atoms with Crippen molar-refractivity contribution in [3.8, 4) is 11.3 Å². The van der Waals surface area contributed by atoms with Crippen LogP contribution in [0.4, 0.5) is 0 Å². The van der Waals surface area contributed by atoms with Crippen LogP contribution in [0.3, 0.4) is 0 Å². The molecule has 0 aliphatic carbocycles. The van der Waals surface area contributed by atoms with E-state index in [0.29, 0.717) is 30.1 Å². The molecular formula is C19H18Cl2N4O2S. The van der Waals surface area contributed by atoms with Gasteiger partial charge in [-0.05, 0) is 31.0 Å². The summed E-state index contributed by atoms with van der Waals surface area (Å²) in [6.45, 7) is 2.47. The van der Waals surface area contributed by atoms with E-state index in [0.717, 1.165) is 11.3 Å². The van der Waals surface area contributed by atoms with Gasteiger partial charge in [0.15, 0.2) is 0 Å². The fourth-order valence-corrected chi connectivity index (χ4v) is 5.61. The van der Waals surface area contributed by atoms with Gasteiger partial charge in [-0.3, -0.25) is 0 Å². The molecular weight excluding hydrogens is 419 g/mol. The Morgan fingerprint density at radius 3 is 2.61 bits per heavy atom. The largest absolute Gasteiger partial charge is 0.247 e. The highest BCUT2D eigenvalue weighted by Crippen LogP contribution is 2.33. The van der Waals surface area contributed by atoms with Gasteiger partial charge in [0.25, 0.3) is 0 Å². The fraction of sp³-hybridized carbons (Fsp3) is 0.263. The van der Waals surface area contributed by atoms with Crippen molar-refractivity contribution in [3.63, 3.8) is 0 Å². The van der Waals surface area contributed by atoms with Crippen LogP contribution in [-0.2, 0) is 10.0 Å². The summed E-state index contributed by atoms with van der Waals surface area (Å²) in [4.78, 5) is 0.0836. The van der Waals surface area contributed by atoms with Gasteiger partial charge in [0.2, 0.25) is 10.0 Å². The van der Waals surface area contributed by atoms with E-state index < -0.39 is 10.0 Å². The van der Waals surface area contributed by atoms with Crippen molar-refractivity contribution < 1.29 is 8.42 Å². The standard InChI is InChI=1S/C19H18Cl2N4O2S/c1-13-9-19(17(21)10-16(13)20)28(26,27)24-8-7-15(11-24)25-12-18(22-23-25)14-5-3-2-4-6-14/h2-6,9-10,12,15H,7-8,11H2,1H3. The van der Waals surface area contributed by atoms with Crippen LogP contribution in [0.2, 0.25) is 10.0 Å². The topological polar surface area (TPSA) is 68.1 Å². The highest BCUT2D eigenvalue weighted by molar-refractivity contribution is 7.89. The predicted octanol–water partition coefficient (Wildman–Crippen LogP) is 4.20. The van der Waals surface area contributed by atoms with Gasteiger partial charge in [-0.1, -0.05) is 58.7 Å². The van der Waals surface area contributed by atoms with Crippen molar-refractivity contribution in [2.75, 3.05) is 13.1 Å². The van der Waals surface area contributed by atoms with Gasteiger partial charge < -0.3 is 0 Å². The highest BCUT2D eigenvalue weighted by atomic mass is 35.5. The third-order valence-electron chi connectivity index (χ3n) is 4.91. The Kier molecular flexibility index (Phi) is 5.18. The average molecular weight is 437 g/mol. The monoisotopic (exact) mass is 436 g/mol. The Bertz CT molecular complexity index is 1120. The number of sulfonamides is 1. The molecule has 1 unspecified atom stereocenters. The molecule has 0 bridgehead atoms. The molecule has 1 saturated heterocycles. The van der Waals surface area contributed by atoms with Gasteiger partial charge >= 0.3 is 0 Å². The molecule has 0 amide bonds. The van der Waals surface area contributed by atoms with E-state index in [2.05, 4.69) is 10.3 Å². The molecule has 9 heteroatoms. The molecule has 0 N–H and O–H groups in total. The number of hydrogen-bond acceptors (Lipinski definition) is 4. The number of aryl methyl sites for hydroxylation is 1. The van der Waals surface area contributed by atoms with Crippen LogP contribution >= 0.6 is 23.2 Å². The molecule has 0 spiro atoms. The Morgan fingerprint density at radius 1 is 1.11 bits per heavy atom. The maximum Gasteiger partial charge on any atom is 0.244 e. The molecule has 1 fully saturated rings. The van der Waals surface area contributed by atoms with Gasteiger partial charge in [-0.25, -0.2) is 13.1 Å². The Hall–Kier alpha value is -1.93. The van der Waals surface area contributed by atoms with E-state index in [-0.39, 0.29) is 16.0 Å². The molecule has 1 atom stereocenters. The first-order valence-electron chi connectivity index (χ1n) is 8.79. The van der Waals surface area contributed by atoms with Crippen LogP contribution in [-0.4, -0.2) is 40.8 Å². The number of nitrogens with zero attached hydrogens (tertiary/aromatic N) is 4. The van der Waals surface area contributed by atoms with Gasteiger partial charge in [-0.15, -0.1) is 5.10 Å². The summed E-state index contributed by atoms with van der Waals surface area (Å²) in [6.07, 6.45) is 2.51. The maximum atomic E-state index is 13.1. The summed E-state index contributed by atoms with van der Waals surface area (Å²) < 4.78 is 29.3. The Labute approximate surface area is 173 Å². The van der Waals surface area contributed by atoms with Crippen molar-refractivity contribution in [2.45, 2.75) is 24.3 Å². The van der Waals surface area contributed by atoms with Crippen molar-refractivity contribution >= 4 is 33.2 Å². The van der Waals surface area contributed by atoms with E-state index in [1.165, 1.54) is 16.4 Å². The fourth-order valence-electron chi connectivity index (χ4n) is 3.31. The Morgan fingerprint density at radius 2 is 1.86 bits per heavy atom. The molecule has 1 aliphatic heterocycles. The van der Waals surface area contributed by atoms with Crippen molar-refractivity contribution in [1.82, 2.24) is 19.3 Å². The number of aromatic nitrogens is 3. The summed E-state index contributed by atoms with van der Waals surface area (Å²) in [5, 5.41) is 9.00. The maximum absolute atomic E-state index is 13.1. The molecule has 1 aromatic heterocycles. The lowest BCUT2D eigenvalue weighted by atomic mass is 10.2. The highest BCUT2D eigenvalue weighted by Gasteiger charge is 2.35. The van der Waals surface area contributed by atoms with Crippen molar-refractivity contribution in [2.24, 2.45) is 0 Å². The quantitative estimate of drug-likeness (QED) is 0.614.